The summed E-state index contributed by atoms with van der Waals surface area (Å²) in [6, 6.07) is 5.78. The maximum absolute atomic E-state index is 12.4. The third kappa shape index (κ3) is 2.54. The van der Waals surface area contributed by atoms with Gasteiger partial charge >= 0.3 is 6.09 Å². The Morgan fingerprint density at radius 2 is 2.18 bits per heavy atom. The van der Waals surface area contributed by atoms with Crippen molar-refractivity contribution in [3.8, 4) is 0 Å². The molecule has 0 spiro atoms. The van der Waals surface area contributed by atoms with E-state index < -0.39 is 5.54 Å². The zero-order chi connectivity index (χ0) is 15.7. The highest BCUT2D eigenvalue weighted by molar-refractivity contribution is 5.95. The van der Waals surface area contributed by atoms with Gasteiger partial charge in [-0.05, 0) is 25.5 Å². The molecule has 1 unspecified atom stereocenters. The maximum Gasteiger partial charge on any atom is 0.410 e. The molecule has 2 saturated heterocycles. The lowest BCUT2D eigenvalue weighted by atomic mass is 9.98. The number of ether oxygens (including phenoxy) is 2. The van der Waals surface area contributed by atoms with Crippen molar-refractivity contribution < 1.29 is 19.1 Å². The summed E-state index contributed by atoms with van der Waals surface area (Å²) in [6.07, 6.45) is -0.329. The Bertz CT molecular complexity index is 616. The van der Waals surface area contributed by atoms with E-state index >= 15 is 0 Å². The molecule has 2 amide bonds. The molecule has 1 N–H and O–H groups in total. The van der Waals surface area contributed by atoms with Gasteiger partial charge in [-0.2, -0.15) is 0 Å². The molecule has 2 aliphatic rings. The van der Waals surface area contributed by atoms with Crippen molar-refractivity contribution in [1.29, 1.82) is 0 Å². The molecule has 0 aliphatic carbocycles. The van der Waals surface area contributed by atoms with Gasteiger partial charge < -0.3 is 14.8 Å². The first-order chi connectivity index (χ1) is 10.5. The number of morpholine rings is 1. The molecule has 2 aliphatic heterocycles. The van der Waals surface area contributed by atoms with Crippen LogP contribution in [0.5, 0.6) is 0 Å². The number of aryl methyl sites for hydroxylation is 2. The van der Waals surface area contributed by atoms with Crippen LogP contribution in [0, 0.1) is 13.8 Å². The van der Waals surface area contributed by atoms with Gasteiger partial charge in [0.15, 0.2) is 0 Å². The lowest BCUT2D eigenvalue weighted by Gasteiger charge is -2.38. The Hall–Kier alpha value is -2.08. The van der Waals surface area contributed by atoms with E-state index in [1.165, 1.54) is 0 Å². The number of carbonyl (C=O) groups is 2. The van der Waals surface area contributed by atoms with Gasteiger partial charge in [-0.3, -0.25) is 9.69 Å². The molecular formula is C16H20N2O4. The zero-order valence-electron chi connectivity index (χ0n) is 12.8. The molecular weight excluding hydrogens is 284 g/mol. The minimum Gasteiger partial charge on any atom is -0.447 e. The smallest absolute Gasteiger partial charge is 0.410 e. The van der Waals surface area contributed by atoms with Crippen LogP contribution in [0.4, 0.5) is 4.79 Å². The van der Waals surface area contributed by atoms with E-state index in [4.69, 9.17) is 9.47 Å². The number of rotatable bonds is 3. The minimum absolute atomic E-state index is 0.138. The summed E-state index contributed by atoms with van der Waals surface area (Å²) in [5.74, 6) is -0.138. The molecule has 118 valence electrons. The second kappa shape index (κ2) is 5.61. The number of hydrogen-bond acceptors (Lipinski definition) is 4. The Kier molecular flexibility index (Phi) is 3.78. The third-order valence-corrected chi connectivity index (χ3v) is 4.30. The van der Waals surface area contributed by atoms with Crippen LogP contribution < -0.4 is 5.32 Å². The molecule has 0 saturated carbocycles. The number of carbonyl (C=O) groups excluding carboxylic acids is 2. The van der Waals surface area contributed by atoms with E-state index in [-0.39, 0.29) is 18.6 Å². The molecule has 2 fully saturated rings. The fourth-order valence-corrected chi connectivity index (χ4v) is 2.93. The van der Waals surface area contributed by atoms with Gasteiger partial charge in [0.2, 0.25) is 0 Å². The summed E-state index contributed by atoms with van der Waals surface area (Å²) in [4.78, 5) is 25.9. The van der Waals surface area contributed by atoms with Crippen molar-refractivity contribution in [3.05, 3.63) is 34.9 Å². The van der Waals surface area contributed by atoms with Crippen LogP contribution in [0.2, 0.25) is 0 Å². The zero-order valence-corrected chi connectivity index (χ0v) is 12.8. The van der Waals surface area contributed by atoms with Gasteiger partial charge in [-0.25, -0.2) is 4.79 Å². The van der Waals surface area contributed by atoms with E-state index in [1.54, 1.807) is 4.90 Å². The normalized spacial score (nSPS) is 23.9. The quantitative estimate of drug-likeness (QED) is 0.913. The number of nitrogens with one attached hydrogen (secondary N) is 1. The molecule has 1 atom stereocenters. The second-order valence-electron chi connectivity index (χ2n) is 5.98. The highest BCUT2D eigenvalue weighted by Gasteiger charge is 2.49. The largest absolute Gasteiger partial charge is 0.447 e. The highest BCUT2D eigenvalue weighted by atomic mass is 16.6. The van der Waals surface area contributed by atoms with E-state index in [2.05, 4.69) is 5.32 Å². The molecule has 0 aromatic heterocycles. The van der Waals surface area contributed by atoms with Crippen molar-refractivity contribution in [2.75, 3.05) is 32.9 Å². The van der Waals surface area contributed by atoms with E-state index in [0.717, 1.165) is 11.1 Å². The standard InChI is InChI=1S/C16H20N2O4/c1-11-3-4-12(2)13(7-11)14(19)17-8-16-9-21-6-5-18(16)15(20)22-10-16/h3-4,7H,5-6,8-10H2,1-2H3,(H,17,19). The van der Waals surface area contributed by atoms with Crippen molar-refractivity contribution in [1.82, 2.24) is 10.2 Å². The van der Waals surface area contributed by atoms with Crippen LogP contribution in [0.3, 0.4) is 0 Å². The summed E-state index contributed by atoms with van der Waals surface area (Å²) in [6.45, 7) is 5.82. The Morgan fingerprint density at radius 3 is 3.00 bits per heavy atom. The van der Waals surface area contributed by atoms with Gasteiger partial charge in [0, 0.05) is 18.7 Å². The first kappa shape index (κ1) is 14.8. The molecule has 1 aromatic rings. The first-order valence-electron chi connectivity index (χ1n) is 7.39. The third-order valence-electron chi connectivity index (χ3n) is 4.30. The second-order valence-corrected chi connectivity index (χ2v) is 5.98. The number of amides is 2. The number of nitrogens with zero attached hydrogens (tertiary/aromatic N) is 1. The highest BCUT2D eigenvalue weighted by Crippen LogP contribution is 2.27. The predicted molar refractivity (Wildman–Crippen MR) is 79.9 cm³/mol. The molecule has 6 heteroatoms. The number of fused-ring (bicyclic) bond motifs is 1. The van der Waals surface area contributed by atoms with Gasteiger partial charge in [0.1, 0.15) is 12.1 Å². The number of cyclic esters (lactones) is 1. The number of benzene rings is 1. The van der Waals surface area contributed by atoms with Gasteiger partial charge in [0.05, 0.1) is 13.2 Å². The van der Waals surface area contributed by atoms with Crippen molar-refractivity contribution in [2.24, 2.45) is 0 Å². The molecule has 0 radical (unpaired) electrons. The fraction of sp³-hybridized carbons (Fsp3) is 0.500. The fourth-order valence-electron chi connectivity index (χ4n) is 2.93. The summed E-state index contributed by atoms with van der Waals surface area (Å²) < 4.78 is 10.6. The number of hydrogen-bond donors (Lipinski definition) is 1. The van der Waals surface area contributed by atoms with Crippen LogP contribution in [-0.4, -0.2) is 55.3 Å². The molecule has 2 heterocycles. The topological polar surface area (TPSA) is 67.9 Å². The Labute approximate surface area is 129 Å². The monoisotopic (exact) mass is 304 g/mol. The summed E-state index contributed by atoms with van der Waals surface area (Å²) in [5, 5.41) is 2.93. The molecule has 22 heavy (non-hydrogen) atoms. The van der Waals surface area contributed by atoms with Gasteiger partial charge in [-0.15, -0.1) is 0 Å². The lowest BCUT2D eigenvalue weighted by molar-refractivity contribution is -0.0259. The summed E-state index contributed by atoms with van der Waals surface area (Å²) in [5.41, 5.74) is 2.04. The minimum atomic E-state index is -0.581. The lowest BCUT2D eigenvalue weighted by Crippen LogP contribution is -2.61. The molecule has 1 aromatic carbocycles. The van der Waals surface area contributed by atoms with Crippen LogP contribution in [0.15, 0.2) is 18.2 Å². The first-order valence-corrected chi connectivity index (χ1v) is 7.39. The average Bonchev–Trinajstić information content (AvgIpc) is 2.85. The van der Waals surface area contributed by atoms with Gasteiger partial charge in [-0.1, -0.05) is 17.7 Å². The van der Waals surface area contributed by atoms with E-state index in [9.17, 15) is 9.59 Å². The van der Waals surface area contributed by atoms with Crippen molar-refractivity contribution in [3.63, 3.8) is 0 Å². The van der Waals surface area contributed by atoms with Crippen molar-refractivity contribution in [2.45, 2.75) is 19.4 Å². The Balaban J connectivity index is 1.72. The Morgan fingerprint density at radius 1 is 1.36 bits per heavy atom. The van der Waals surface area contributed by atoms with Crippen LogP contribution >= 0.6 is 0 Å². The van der Waals surface area contributed by atoms with Crippen LogP contribution in [-0.2, 0) is 9.47 Å². The average molecular weight is 304 g/mol. The summed E-state index contributed by atoms with van der Waals surface area (Å²) in [7, 11) is 0. The molecule has 3 rings (SSSR count). The van der Waals surface area contributed by atoms with Crippen LogP contribution in [0.25, 0.3) is 0 Å². The van der Waals surface area contributed by atoms with E-state index in [0.29, 0.717) is 31.9 Å². The molecule has 0 bridgehead atoms. The maximum atomic E-state index is 12.4. The SMILES string of the molecule is Cc1ccc(C)c(C(=O)NCC23COCCN2C(=O)OC3)c1. The van der Waals surface area contributed by atoms with Crippen molar-refractivity contribution >= 4 is 12.0 Å². The summed E-state index contributed by atoms with van der Waals surface area (Å²) >= 11 is 0. The predicted octanol–water partition coefficient (Wildman–Crippen LogP) is 1.25. The molecule has 6 nitrogen and oxygen atoms in total. The van der Waals surface area contributed by atoms with Crippen LogP contribution in [0.1, 0.15) is 21.5 Å². The van der Waals surface area contributed by atoms with Gasteiger partial charge in [0.25, 0.3) is 5.91 Å². The van der Waals surface area contributed by atoms with E-state index in [1.807, 2.05) is 32.0 Å².